The van der Waals surface area contributed by atoms with Gasteiger partial charge in [0.1, 0.15) is 19.2 Å². The van der Waals surface area contributed by atoms with E-state index in [0.717, 1.165) is 0 Å². The van der Waals surface area contributed by atoms with Gasteiger partial charge in [-0.1, -0.05) is 29.4 Å². The zero-order chi connectivity index (χ0) is 22.9. The van der Waals surface area contributed by atoms with Crippen molar-refractivity contribution in [2.45, 2.75) is 6.61 Å². The van der Waals surface area contributed by atoms with Crippen LogP contribution in [-0.2, 0) is 9.63 Å². The van der Waals surface area contributed by atoms with Crippen LogP contribution in [-0.4, -0.2) is 42.4 Å². The Kier molecular flexibility index (Phi) is 7.46. The summed E-state index contributed by atoms with van der Waals surface area (Å²) in [6.07, 6.45) is 1.19. The highest BCUT2D eigenvalue weighted by Crippen LogP contribution is 2.32. The molecule has 1 amide bonds. The number of carbonyl (C=O) groups is 1. The molecule has 0 unspecified atom stereocenters. The molecular formula is C21H18F2N4O5. The van der Waals surface area contributed by atoms with Gasteiger partial charge in [0.2, 0.25) is 11.8 Å². The van der Waals surface area contributed by atoms with Gasteiger partial charge >= 0.3 is 6.61 Å². The van der Waals surface area contributed by atoms with E-state index >= 15 is 0 Å². The number of para-hydroxylation sites is 2. The van der Waals surface area contributed by atoms with Gasteiger partial charge < -0.3 is 24.4 Å². The van der Waals surface area contributed by atoms with Crippen molar-refractivity contribution in [2.24, 2.45) is 5.16 Å². The largest absolute Gasteiger partial charge is 0.439 e. The summed E-state index contributed by atoms with van der Waals surface area (Å²) in [5, 5.41) is 6.22. The second kappa shape index (κ2) is 10.7. The molecule has 0 atom stereocenters. The van der Waals surface area contributed by atoms with Gasteiger partial charge in [-0.05, 0) is 24.3 Å². The molecule has 2 aromatic carbocycles. The Morgan fingerprint density at radius 1 is 1.00 bits per heavy atom. The molecule has 32 heavy (non-hydrogen) atoms. The Bertz CT molecular complexity index is 1110. The van der Waals surface area contributed by atoms with Gasteiger partial charge in [-0.25, -0.2) is 9.97 Å². The number of nitrogens with one attached hydrogen (secondary N) is 1. The van der Waals surface area contributed by atoms with Crippen LogP contribution < -0.4 is 19.5 Å². The first-order chi connectivity index (χ1) is 15.5. The van der Waals surface area contributed by atoms with Crippen LogP contribution in [0.2, 0.25) is 0 Å². The number of likely N-dealkylation sites (N-methyl/N-ethyl adjacent to an activating group) is 1. The Labute approximate surface area is 181 Å². The summed E-state index contributed by atoms with van der Waals surface area (Å²) in [6.45, 7) is -3.00. The van der Waals surface area contributed by atoms with Crippen molar-refractivity contribution in [1.29, 1.82) is 0 Å². The number of hydrogen-bond acceptors (Lipinski definition) is 8. The highest BCUT2D eigenvalue weighted by atomic mass is 19.3. The number of aromatic nitrogens is 2. The number of benzene rings is 2. The minimum absolute atomic E-state index is 0.0449. The number of carbonyl (C=O) groups excluding carboxylic acids is 1. The standard InChI is InChI=1S/C21H18F2N4O5/c1-24-20(28)19(27-29-2)13-6-5-7-14(10-13)30-17-11-18(26-12-25-17)31-15-8-3-4-9-16(15)32-21(22)23/h3-12,21H,1-2H3,(H,24,28)/b27-19-. The van der Waals surface area contributed by atoms with Crippen LogP contribution in [0.5, 0.6) is 29.0 Å². The Hall–Kier alpha value is -4.28. The van der Waals surface area contributed by atoms with E-state index in [2.05, 4.69) is 25.2 Å². The predicted molar refractivity (Wildman–Crippen MR) is 109 cm³/mol. The van der Waals surface area contributed by atoms with Crippen LogP contribution in [0, 0.1) is 0 Å². The first-order valence-electron chi connectivity index (χ1n) is 9.15. The van der Waals surface area contributed by atoms with Crippen molar-refractivity contribution in [3.8, 4) is 29.0 Å². The zero-order valence-electron chi connectivity index (χ0n) is 17.0. The summed E-state index contributed by atoms with van der Waals surface area (Å²) in [6, 6.07) is 13.8. The van der Waals surface area contributed by atoms with E-state index in [4.69, 9.17) is 14.3 Å². The van der Waals surface area contributed by atoms with Crippen LogP contribution in [0.15, 0.2) is 66.1 Å². The summed E-state index contributed by atoms with van der Waals surface area (Å²) in [7, 11) is 2.80. The van der Waals surface area contributed by atoms with Crippen LogP contribution in [0.4, 0.5) is 8.78 Å². The van der Waals surface area contributed by atoms with Gasteiger partial charge in [0.05, 0.1) is 6.07 Å². The van der Waals surface area contributed by atoms with E-state index in [1.54, 1.807) is 30.3 Å². The molecule has 9 nitrogen and oxygen atoms in total. The summed E-state index contributed by atoms with van der Waals surface area (Å²) in [5.41, 5.74) is 0.509. The fraction of sp³-hybridized carbons (Fsp3) is 0.143. The van der Waals surface area contributed by atoms with E-state index in [1.807, 2.05) is 0 Å². The van der Waals surface area contributed by atoms with Gasteiger partial charge in [0.15, 0.2) is 17.2 Å². The maximum absolute atomic E-state index is 12.6. The van der Waals surface area contributed by atoms with Gasteiger partial charge in [-0.15, -0.1) is 0 Å². The average molecular weight is 444 g/mol. The molecule has 3 aromatic rings. The summed E-state index contributed by atoms with van der Waals surface area (Å²) < 4.78 is 40.9. The highest BCUT2D eigenvalue weighted by molar-refractivity contribution is 6.45. The number of hydrogen-bond donors (Lipinski definition) is 1. The van der Waals surface area contributed by atoms with Crippen LogP contribution in [0.25, 0.3) is 0 Å². The van der Waals surface area contributed by atoms with Gasteiger partial charge in [-0.3, -0.25) is 4.79 Å². The lowest BCUT2D eigenvalue weighted by atomic mass is 10.1. The second-order valence-corrected chi connectivity index (χ2v) is 5.95. The van der Waals surface area contributed by atoms with Crippen LogP contribution >= 0.6 is 0 Å². The third kappa shape index (κ3) is 5.88. The first-order valence-corrected chi connectivity index (χ1v) is 9.15. The molecule has 0 aliphatic carbocycles. The monoisotopic (exact) mass is 444 g/mol. The van der Waals surface area contributed by atoms with Crippen molar-refractivity contribution < 1.29 is 32.6 Å². The molecule has 0 saturated carbocycles. The number of amides is 1. The SMILES string of the molecule is CNC(=O)/C(=N\OC)c1cccc(Oc2cc(Oc3ccccc3OC(F)F)ncn2)c1. The Balaban J connectivity index is 1.80. The van der Waals surface area contributed by atoms with E-state index in [0.29, 0.717) is 11.3 Å². The molecule has 3 rings (SSSR count). The van der Waals surface area contributed by atoms with Gasteiger partial charge in [-0.2, -0.15) is 8.78 Å². The topological polar surface area (TPSA) is 104 Å². The van der Waals surface area contributed by atoms with Gasteiger partial charge in [0, 0.05) is 12.6 Å². The molecule has 0 spiro atoms. The number of alkyl halides is 2. The highest BCUT2D eigenvalue weighted by Gasteiger charge is 2.15. The predicted octanol–water partition coefficient (Wildman–Crippen LogP) is 3.76. The lowest BCUT2D eigenvalue weighted by Crippen LogP contribution is -2.28. The van der Waals surface area contributed by atoms with E-state index in [9.17, 15) is 13.6 Å². The number of halogens is 2. The summed E-state index contributed by atoms with van der Waals surface area (Å²) in [5.74, 6) is -0.0263. The number of oxime groups is 1. The van der Waals surface area contributed by atoms with Crippen molar-refractivity contribution in [3.05, 3.63) is 66.5 Å². The quantitative estimate of drug-likeness (QED) is 0.396. The molecule has 0 radical (unpaired) electrons. The summed E-state index contributed by atoms with van der Waals surface area (Å²) >= 11 is 0. The fourth-order valence-corrected chi connectivity index (χ4v) is 2.54. The summed E-state index contributed by atoms with van der Waals surface area (Å²) in [4.78, 5) is 24.7. The molecule has 1 N–H and O–H groups in total. The second-order valence-electron chi connectivity index (χ2n) is 5.95. The third-order valence-corrected chi connectivity index (χ3v) is 3.85. The van der Waals surface area contributed by atoms with Crippen molar-refractivity contribution in [2.75, 3.05) is 14.2 Å². The number of ether oxygens (including phenoxy) is 3. The lowest BCUT2D eigenvalue weighted by Gasteiger charge is -2.12. The number of rotatable bonds is 9. The van der Waals surface area contributed by atoms with Crippen molar-refractivity contribution in [3.63, 3.8) is 0 Å². The molecule has 166 valence electrons. The minimum Gasteiger partial charge on any atom is -0.439 e. The number of nitrogens with zero attached hydrogens (tertiary/aromatic N) is 3. The molecule has 11 heteroatoms. The molecular weight excluding hydrogens is 426 g/mol. The molecule has 0 fully saturated rings. The third-order valence-electron chi connectivity index (χ3n) is 3.85. The zero-order valence-corrected chi connectivity index (χ0v) is 17.0. The maximum Gasteiger partial charge on any atom is 0.387 e. The molecule has 0 aliphatic rings. The average Bonchev–Trinajstić information content (AvgIpc) is 2.78. The van der Waals surface area contributed by atoms with E-state index in [-0.39, 0.29) is 29.0 Å². The smallest absolute Gasteiger partial charge is 0.387 e. The normalized spacial score (nSPS) is 11.1. The molecule has 0 aliphatic heterocycles. The fourth-order valence-electron chi connectivity index (χ4n) is 2.54. The van der Waals surface area contributed by atoms with Crippen molar-refractivity contribution >= 4 is 11.6 Å². The van der Waals surface area contributed by atoms with E-state index in [1.165, 1.54) is 44.8 Å². The van der Waals surface area contributed by atoms with Crippen LogP contribution in [0.1, 0.15) is 5.56 Å². The first kappa shape index (κ1) is 22.4. The van der Waals surface area contributed by atoms with E-state index < -0.39 is 12.5 Å². The Morgan fingerprint density at radius 2 is 1.72 bits per heavy atom. The minimum atomic E-state index is -3.00. The van der Waals surface area contributed by atoms with Crippen molar-refractivity contribution in [1.82, 2.24) is 15.3 Å². The Morgan fingerprint density at radius 3 is 2.41 bits per heavy atom. The molecule has 0 bridgehead atoms. The molecule has 1 aromatic heterocycles. The van der Waals surface area contributed by atoms with Gasteiger partial charge in [0.25, 0.3) is 5.91 Å². The molecule has 0 saturated heterocycles. The maximum atomic E-state index is 12.6. The molecule has 1 heterocycles. The lowest BCUT2D eigenvalue weighted by molar-refractivity contribution is -0.114. The van der Waals surface area contributed by atoms with Crippen LogP contribution in [0.3, 0.4) is 0 Å².